The van der Waals surface area contributed by atoms with E-state index in [0.29, 0.717) is 17.9 Å². The van der Waals surface area contributed by atoms with Crippen LogP contribution in [0.4, 0.5) is 0 Å². The molecule has 0 aliphatic carbocycles. The number of aromatic nitrogens is 2. The molecule has 1 heterocycles. The molecule has 0 unspecified atom stereocenters. The zero-order valence-electron chi connectivity index (χ0n) is 11.9. The normalized spacial score (nSPS) is 11.6. The lowest BCUT2D eigenvalue weighted by atomic mass is 10.2. The Morgan fingerprint density at radius 3 is 2.76 bits per heavy atom. The second-order valence-electron chi connectivity index (χ2n) is 4.73. The second kappa shape index (κ2) is 6.49. The molecule has 0 atom stereocenters. The van der Waals surface area contributed by atoms with Crippen molar-refractivity contribution in [2.45, 2.75) is 38.3 Å². The number of ether oxygens (including phenoxy) is 1. The first-order valence-electron chi connectivity index (χ1n) is 6.59. The molecule has 0 saturated heterocycles. The van der Waals surface area contributed by atoms with Crippen molar-refractivity contribution >= 4 is 19.7 Å². The Hall–Kier alpha value is -1.53. The molecule has 5 nitrogen and oxygen atoms in total. The van der Waals surface area contributed by atoms with Gasteiger partial charge in [0.2, 0.25) is 0 Å². The maximum Gasteiger partial charge on any atom is 0.261 e. The third-order valence-corrected chi connectivity index (χ3v) is 4.54. The van der Waals surface area contributed by atoms with Gasteiger partial charge < -0.3 is 9.30 Å². The summed E-state index contributed by atoms with van der Waals surface area (Å²) in [7, 11) is 1.63. The lowest BCUT2D eigenvalue weighted by Gasteiger charge is -2.10. The van der Waals surface area contributed by atoms with E-state index in [4.69, 9.17) is 15.4 Å². The SMILES string of the molecule is CCCn1cncc1COc1ccc(S(=O)(=O)Cl)c(C)c1. The molecule has 0 fully saturated rings. The van der Waals surface area contributed by atoms with E-state index in [9.17, 15) is 8.42 Å². The van der Waals surface area contributed by atoms with Crippen molar-refractivity contribution in [3.63, 3.8) is 0 Å². The smallest absolute Gasteiger partial charge is 0.261 e. The van der Waals surface area contributed by atoms with Gasteiger partial charge in [0, 0.05) is 17.2 Å². The third kappa shape index (κ3) is 3.98. The molecule has 2 rings (SSSR count). The fraction of sp³-hybridized carbons (Fsp3) is 0.357. The number of imidazole rings is 1. The predicted molar refractivity (Wildman–Crippen MR) is 81.1 cm³/mol. The minimum absolute atomic E-state index is 0.104. The molecule has 0 bridgehead atoms. The van der Waals surface area contributed by atoms with Gasteiger partial charge in [-0.1, -0.05) is 6.92 Å². The van der Waals surface area contributed by atoms with Gasteiger partial charge in [0.1, 0.15) is 12.4 Å². The van der Waals surface area contributed by atoms with E-state index in [1.165, 1.54) is 6.07 Å². The van der Waals surface area contributed by atoms with E-state index in [1.807, 2.05) is 4.57 Å². The fourth-order valence-electron chi connectivity index (χ4n) is 2.05. The molecule has 114 valence electrons. The average molecular weight is 329 g/mol. The molecule has 0 amide bonds. The van der Waals surface area contributed by atoms with Crippen molar-refractivity contribution < 1.29 is 13.2 Å². The Morgan fingerprint density at radius 1 is 1.38 bits per heavy atom. The van der Waals surface area contributed by atoms with Crippen molar-refractivity contribution in [1.29, 1.82) is 0 Å². The zero-order valence-corrected chi connectivity index (χ0v) is 13.5. The van der Waals surface area contributed by atoms with E-state index in [2.05, 4.69) is 11.9 Å². The Morgan fingerprint density at radius 2 is 2.14 bits per heavy atom. The van der Waals surface area contributed by atoms with E-state index < -0.39 is 9.05 Å². The van der Waals surface area contributed by atoms with Crippen LogP contribution in [0.5, 0.6) is 5.75 Å². The van der Waals surface area contributed by atoms with Crippen LogP contribution in [0.15, 0.2) is 35.6 Å². The molecule has 7 heteroatoms. The summed E-state index contributed by atoms with van der Waals surface area (Å²) >= 11 is 0. The maximum atomic E-state index is 11.3. The van der Waals surface area contributed by atoms with Crippen molar-refractivity contribution in [2.24, 2.45) is 0 Å². The van der Waals surface area contributed by atoms with Gasteiger partial charge in [-0.2, -0.15) is 0 Å². The van der Waals surface area contributed by atoms with Gasteiger partial charge in [-0.15, -0.1) is 0 Å². The monoisotopic (exact) mass is 328 g/mol. The van der Waals surface area contributed by atoms with Crippen LogP contribution in [0.3, 0.4) is 0 Å². The van der Waals surface area contributed by atoms with Crippen LogP contribution in [0.1, 0.15) is 24.6 Å². The van der Waals surface area contributed by atoms with Crippen LogP contribution in [-0.2, 0) is 22.2 Å². The highest BCUT2D eigenvalue weighted by Crippen LogP contribution is 2.24. The summed E-state index contributed by atoms with van der Waals surface area (Å²) in [6.07, 6.45) is 4.56. The molecule has 21 heavy (non-hydrogen) atoms. The van der Waals surface area contributed by atoms with Crippen molar-refractivity contribution in [1.82, 2.24) is 9.55 Å². The minimum Gasteiger partial charge on any atom is -0.487 e. The zero-order chi connectivity index (χ0) is 15.5. The summed E-state index contributed by atoms with van der Waals surface area (Å²) in [6, 6.07) is 4.72. The Kier molecular flexibility index (Phi) is 4.90. The quantitative estimate of drug-likeness (QED) is 0.764. The Bertz CT molecular complexity index is 726. The summed E-state index contributed by atoms with van der Waals surface area (Å²) in [5, 5.41) is 0. The summed E-state index contributed by atoms with van der Waals surface area (Å²) < 4.78 is 30.4. The van der Waals surface area contributed by atoms with Crippen LogP contribution < -0.4 is 4.74 Å². The largest absolute Gasteiger partial charge is 0.487 e. The number of rotatable bonds is 6. The number of benzene rings is 1. The number of hydrogen-bond donors (Lipinski definition) is 0. The Labute approximate surface area is 128 Å². The summed E-state index contributed by atoms with van der Waals surface area (Å²) in [6.45, 7) is 5.05. The van der Waals surface area contributed by atoms with Crippen molar-refractivity contribution in [3.05, 3.63) is 42.0 Å². The van der Waals surface area contributed by atoms with Gasteiger partial charge in [0.05, 0.1) is 23.1 Å². The van der Waals surface area contributed by atoms with Crippen LogP contribution in [0, 0.1) is 6.92 Å². The topological polar surface area (TPSA) is 61.2 Å². The molecule has 0 aliphatic heterocycles. The van der Waals surface area contributed by atoms with Crippen molar-refractivity contribution in [3.8, 4) is 5.75 Å². The summed E-state index contributed by atoms with van der Waals surface area (Å²) in [5.74, 6) is 0.598. The molecule has 0 spiro atoms. The predicted octanol–water partition coefficient (Wildman–Crippen LogP) is 3.11. The molecule has 1 aromatic carbocycles. The van der Waals surface area contributed by atoms with Gasteiger partial charge in [0.15, 0.2) is 0 Å². The van der Waals surface area contributed by atoms with Gasteiger partial charge in [0.25, 0.3) is 9.05 Å². The van der Waals surface area contributed by atoms with E-state index >= 15 is 0 Å². The Balaban J connectivity index is 2.11. The maximum absolute atomic E-state index is 11.3. The number of nitrogens with zero attached hydrogens (tertiary/aromatic N) is 2. The van der Waals surface area contributed by atoms with E-state index in [1.54, 1.807) is 31.6 Å². The molecule has 0 radical (unpaired) electrons. The van der Waals surface area contributed by atoms with Crippen LogP contribution in [0.25, 0.3) is 0 Å². The molecule has 0 N–H and O–H groups in total. The number of hydrogen-bond acceptors (Lipinski definition) is 4. The second-order valence-corrected chi connectivity index (χ2v) is 7.27. The lowest BCUT2D eigenvalue weighted by Crippen LogP contribution is -2.05. The standard InChI is InChI=1S/C14H17ClN2O3S/c1-3-6-17-10-16-8-12(17)9-20-13-4-5-14(11(2)7-13)21(15,18)19/h4-5,7-8,10H,3,6,9H2,1-2H3. The van der Waals surface area contributed by atoms with Crippen molar-refractivity contribution in [2.75, 3.05) is 0 Å². The molecular weight excluding hydrogens is 312 g/mol. The molecule has 1 aromatic heterocycles. The van der Waals surface area contributed by atoms with Gasteiger partial charge in [-0.25, -0.2) is 13.4 Å². The van der Waals surface area contributed by atoms with Gasteiger partial charge in [-0.05, 0) is 37.1 Å². The third-order valence-electron chi connectivity index (χ3n) is 3.06. The van der Waals surface area contributed by atoms with E-state index in [-0.39, 0.29) is 4.90 Å². The molecule has 2 aromatic rings. The summed E-state index contributed by atoms with van der Waals surface area (Å²) in [5.41, 5.74) is 1.54. The molecular formula is C14H17ClN2O3S. The number of halogens is 1. The highest BCUT2D eigenvalue weighted by molar-refractivity contribution is 8.13. The lowest BCUT2D eigenvalue weighted by molar-refractivity contribution is 0.294. The molecule has 0 saturated carbocycles. The fourth-order valence-corrected chi connectivity index (χ4v) is 3.25. The van der Waals surface area contributed by atoms with Crippen LogP contribution in [0.2, 0.25) is 0 Å². The summed E-state index contributed by atoms with van der Waals surface area (Å²) in [4.78, 5) is 4.21. The first-order valence-corrected chi connectivity index (χ1v) is 8.90. The average Bonchev–Trinajstić information content (AvgIpc) is 2.83. The molecule has 0 aliphatic rings. The first-order chi connectivity index (χ1) is 9.91. The first kappa shape index (κ1) is 15.9. The highest BCUT2D eigenvalue weighted by Gasteiger charge is 2.14. The van der Waals surface area contributed by atoms with Gasteiger partial charge >= 0.3 is 0 Å². The van der Waals surface area contributed by atoms with Crippen LogP contribution in [-0.4, -0.2) is 18.0 Å². The van der Waals surface area contributed by atoms with E-state index in [0.717, 1.165) is 18.7 Å². The van der Waals surface area contributed by atoms with Crippen LogP contribution >= 0.6 is 10.7 Å². The van der Waals surface area contributed by atoms with Gasteiger partial charge in [-0.3, -0.25) is 0 Å². The number of aryl methyl sites for hydroxylation is 2. The highest BCUT2D eigenvalue weighted by atomic mass is 35.7. The minimum atomic E-state index is -3.72.